The van der Waals surface area contributed by atoms with Gasteiger partial charge in [-0.05, 0) is 30.5 Å². The molecule has 0 heterocycles. The molecule has 0 spiro atoms. The van der Waals surface area contributed by atoms with Crippen LogP contribution in [0.2, 0.25) is 0 Å². The van der Waals surface area contributed by atoms with Gasteiger partial charge in [-0.25, -0.2) is 8.42 Å². The van der Waals surface area contributed by atoms with Gasteiger partial charge in [-0.15, -0.1) is 0 Å². The molecule has 106 valence electrons. The van der Waals surface area contributed by atoms with Gasteiger partial charge < -0.3 is 5.32 Å². The molecule has 1 N–H and O–H groups in total. The van der Waals surface area contributed by atoms with E-state index in [1.165, 1.54) is 6.26 Å². The summed E-state index contributed by atoms with van der Waals surface area (Å²) in [4.78, 5) is 11.9. The van der Waals surface area contributed by atoms with Crippen LogP contribution in [0.3, 0.4) is 0 Å². The van der Waals surface area contributed by atoms with Crippen LogP contribution >= 0.6 is 0 Å². The number of hydrogen-bond acceptors (Lipinski definition) is 3. The van der Waals surface area contributed by atoms with Gasteiger partial charge >= 0.3 is 0 Å². The van der Waals surface area contributed by atoms with Crippen LogP contribution in [-0.4, -0.2) is 20.6 Å². The summed E-state index contributed by atoms with van der Waals surface area (Å²) in [5.41, 5.74) is 0.893. The molecule has 0 radical (unpaired) electrons. The van der Waals surface area contributed by atoms with E-state index < -0.39 is 9.84 Å². The van der Waals surface area contributed by atoms with Crippen LogP contribution in [0.4, 0.5) is 0 Å². The first-order valence-electron chi connectivity index (χ1n) is 6.29. The Hall–Kier alpha value is -1.36. The predicted molar refractivity (Wildman–Crippen MR) is 75.6 cm³/mol. The Morgan fingerprint density at radius 2 is 1.68 bits per heavy atom. The Morgan fingerprint density at radius 1 is 1.16 bits per heavy atom. The molecule has 4 nitrogen and oxygen atoms in total. The fourth-order valence-corrected chi connectivity index (χ4v) is 2.39. The highest BCUT2D eigenvalue weighted by atomic mass is 32.2. The third kappa shape index (κ3) is 5.03. The quantitative estimate of drug-likeness (QED) is 0.902. The van der Waals surface area contributed by atoms with E-state index in [1.807, 2.05) is 20.8 Å². The van der Waals surface area contributed by atoms with E-state index >= 15 is 0 Å². The molecule has 1 unspecified atom stereocenters. The van der Waals surface area contributed by atoms with Gasteiger partial charge in [-0.3, -0.25) is 4.79 Å². The van der Waals surface area contributed by atoms with E-state index in [0.717, 1.165) is 5.56 Å². The first-order valence-corrected chi connectivity index (χ1v) is 8.18. The van der Waals surface area contributed by atoms with Crippen LogP contribution in [0.5, 0.6) is 0 Å². The molecule has 1 atom stereocenters. The van der Waals surface area contributed by atoms with Crippen molar-refractivity contribution in [1.82, 2.24) is 5.32 Å². The monoisotopic (exact) mass is 283 g/mol. The van der Waals surface area contributed by atoms with E-state index in [9.17, 15) is 13.2 Å². The highest BCUT2D eigenvalue weighted by Gasteiger charge is 2.12. The molecule has 0 saturated heterocycles. The number of nitrogens with one attached hydrogen (secondary N) is 1. The summed E-state index contributed by atoms with van der Waals surface area (Å²) < 4.78 is 22.7. The molecular formula is C14H21NO3S. The van der Waals surface area contributed by atoms with Gasteiger partial charge in [0, 0.05) is 12.7 Å². The second kappa shape index (κ2) is 6.19. The summed E-state index contributed by atoms with van der Waals surface area (Å²) in [7, 11) is -3.17. The standard InChI is InChI=1S/C14H21NO3S/c1-10(2)9-14(16)15-11(3)12-5-7-13(8-6-12)19(4,17)18/h5-8,10-11H,9H2,1-4H3,(H,15,16). The minimum atomic E-state index is -3.17. The zero-order chi connectivity index (χ0) is 14.6. The van der Waals surface area contributed by atoms with E-state index in [2.05, 4.69) is 5.32 Å². The zero-order valence-electron chi connectivity index (χ0n) is 11.8. The highest BCUT2D eigenvalue weighted by molar-refractivity contribution is 7.90. The van der Waals surface area contributed by atoms with E-state index in [1.54, 1.807) is 24.3 Å². The van der Waals surface area contributed by atoms with Gasteiger partial charge in [-0.2, -0.15) is 0 Å². The largest absolute Gasteiger partial charge is 0.350 e. The predicted octanol–water partition coefficient (Wildman–Crippen LogP) is 2.31. The zero-order valence-corrected chi connectivity index (χ0v) is 12.6. The lowest BCUT2D eigenvalue weighted by atomic mass is 10.1. The number of amides is 1. The minimum absolute atomic E-state index is 0.00897. The first-order chi connectivity index (χ1) is 8.70. The number of sulfone groups is 1. The van der Waals surface area contributed by atoms with Crippen LogP contribution < -0.4 is 5.32 Å². The Balaban J connectivity index is 2.73. The molecule has 1 aromatic carbocycles. The van der Waals surface area contributed by atoms with Gasteiger partial charge in [-0.1, -0.05) is 26.0 Å². The molecular weight excluding hydrogens is 262 g/mol. The van der Waals surface area contributed by atoms with Crippen molar-refractivity contribution in [2.45, 2.75) is 38.1 Å². The second-order valence-electron chi connectivity index (χ2n) is 5.23. The SMILES string of the molecule is CC(C)CC(=O)NC(C)c1ccc(S(C)(=O)=O)cc1. The topological polar surface area (TPSA) is 63.2 Å². The van der Waals surface area contributed by atoms with Crippen LogP contribution in [-0.2, 0) is 14.6 Å². The Bertz CT molecular complexity index is 532. The Labute approximate surface area is 115 Å². The number of carbonyl (C=O) groups excluding carboxylic acids is 1. The molecule has 0 fully saturated rings. The summed E-state index contributed by atoms with van der Waals surface area (Å²) >= 11 is 0. The Kier molecular flexibility index (Phi) is 5.11. The van der Waals surface area contributed by atoms with Gasteiger partial charge in [0.25, 0.3) is 0 Å². The summed E-state index contributed by atoms with van der Waals surface area (Å²) in [5.74, 6) is 0.328. The van der Waals surface area contributed by atoms with E-state index in [0.29, 0.717) is 12.3 Å². The maximum Gasteiger partial charge on any atom is 0.220 e. The lowest BCUT2D eigenvalue weighted by molar-refractivity contribution is -0.122. The number of benzene rings is 1. The van der Waals surface area contributed by atoms with Crippen molar-refractivity contribution in [3.63, 3.8) is 0 Å². The van der Waals surface area contributed by atoms with Gasteiger partial charge in [0.15, 0.2) is 9.84 Å². The molecule has 0 aromatic heterocycles. The van der Waals surface area contributed by atoms with Crippen molar-refractivity contribution < 1.29 is 13.2 Å². The van der Waals surface area contributed by atoms with Crippen LogP contribution in [0, 0.1) is 5.92 Å². The second-order valence-corrected chi connectivity index (χ2v) is 7.24. The van der Waals surface area contributed by atoms with Crippen LogP contribution in [0.15, 0.2) is 29.2 Å². The molecule has 5 heteroatoms. The summed E-state index contributed by atoms with van der Waals surface area (Å²) in [6.07, 6.45) is 1.67. The average Bonchev–Trinajstić information content (AvgIpc) is 2.26. The fourth-order valence-electron chi connectivity index (χ4n) is 1.76. The third-order valence-electron chi connectivity index (χ3n) is 2.78. The van der Waals surface area contributed by atoms with Crippen molar-refractivity contribution >= 4 is 15.7 Å². The summed E-state index contributed by atoms with van der Waals surface area (Å²) in [6.45, 7) is 5.87. The van der Waals surface area contributed by atoms with Crippen molar-refractivity contribution in [1.29, 1.82) is 0 Å². The van der Waals surface area contributed by atoms with Crippen LogP contribution in [0.1, 0.15) is 38.8 Å². The molecule has 19 heavy (non-hydrogen) atoms. The van der Waals surface area contributed by atoms with E-state index in [4.69, 9.17) is 0 Å². The van der Waals surface area contributed by atoms with Gasteiger partial charge in [0.2, 0.25) is 5.91 Å². The fraction of sp³-hybridized carbons (Fsp3) is 0.500. The first kappa shape index (κ1) is 15.7. The highest BCUT2D eigenvalue weighted by Crippen LogP contribution is 2.16. The number of hydrogen-bond donors (Lipinski definition) is 1. The molecule has 1 aromatic rings. The molecule has 0 saturated carbocycles. The van der Waals surface area contributed by atoms with Gasteiger partial charge in [0.1, 0.15) is 0 Å². The summed E-state index contributed by atoms with van der Waals surface area (Å²) in [6, 6.07) is 6.47. The average molecular weight is 283 g/mol. The lowest BCUT2D eigenvalue weighted by Gasteiger charge is -2.15. The smallest absolute Gasteiger partial charge is 0.220 e. The number of carbonyl (C=O) groups is 1. The molecule has 0 aliphatic rings. The molecule has 1 rings (SSSR count). The molecule has 0 aliphatic carbocycles. The van der Waals surface area contributed by atoms with E-state index in [-0.39, 0.29) is 16.8 Å². The van der Waals surface area contributed by atoms with Crippen molar-refractivity contribution in [2.24, 2.45) is 5.92 Å². The van der Waals surface area contributed by atoms with Crippen molar-refractivity contribution in [3.8, 4) is 0 Å². The van der Waals surface area contributed by atoms with Crippen LogP contribution in [0.25, 0.3) is 0 Å². The Morgan fingerprint density at radius 3 is 2.11 bits per heavy atom. The molecule has 0 aliphatic heterocycles. The number of rotatable bonds is 5. The van der Waals surface area contributed by atoms with Gasteiger partial charge in [0.05, 0.1) is 10.9 Å². The molecule has 0 bridgehead atoms. The van der Waals surface area contributed by atoms with Crippen molar-refractivity contribution in [3.05, 3.63) is 29.8 Å². The summed E-state index contributed by atoms with van der Waals surface area (Å²) in [5, 5.41) is 2.90. The van der Waals surface area contributed by atoms with Crippen molar-refractivity contribution in [2.75, 3.05) is 6.26 Å². The minimum Gasteiger partial charge on any atom is -0.350 e. The maximum atomic E-state index is 11.7. The maximum absolute atomic E-state index is 11.7. The lowest BCUT2D eigenvalue weighted by Crippen LogP contribution is -2.27. The normalized spacial score (nSPS) is 13.3. The molecule has 1 amide bonds. The third-order valence-corrected chi connectivity index (χ3v) is 3.91.